The fraction of sp³-hybridized carbons (Fsp3) is 0.364. The van der Waals surface area contributed by atoms with E-state index < -0.39 is 23.2 Å². The number of carbonyl (C=O) groups is 2. The van der Waals surface area contributed by atoms with Crippen LogP contribution in [-0.4, -0.2) is 75.3 Å². The zero-order valence-corrected chi connectivity index (χ0v) is 26.4. The van der Waals surface area contributed by atoms with E-state index in [4.69, 9.17) is 4.74 Å². The number of carbonyl (C=O) groups excluding carboxylic acids is 2. The van der Waals surface area contributed by atoms with E-state index in [-0.39, 0.29) is 41.6 Å². The van der Waals surface area contributed by atoms with Crippen molar-refractivity contribution in [2.24, 2.45) is 7.05 Å². The summed E-state index contributed by atoms with van der Waals surface area (Å²) in [7, 11) is 7.16. The summed E-state index contributed by atoms with van der Waals surface area (Å²) < 4.78 is 50.8. The summed E-state index contributed by atoms with van der Waals surface area (Å²) in [6, 6.07) is 14.1. The lowest BCUT2D eigenvalue weighted by atomic mass is 9.92. The largest absolute Gasteiger partial charge is 0.458 e. The van der Waals surface area contributed by atoms with E-state index in [2.05, 4.69) is 10.4 Å². The lowest BCUT2D eigenvalue weighted by Crippen LogP contribution is -2.43. The number of esters is 1. The number of hydrogen-bond donors (Lipinski definition) is 1. The first-order chi connectivity index (χ1) is 22.2. The quantitative estimate of drug-likeness (QED) is 0.225. The lowest BCUT2D eigenvalue weighted by Gasteiger charge is -2.30. The predicted molar refractivity (Wildman–Crippen MR) is 166 cm³/mol. The Balaban J connectivity index is 1.50. The lowest BCUT2D eigenvalue weighted by molar-refractivity contribution is -0.862. The molecular formula is C33H35F3N7O4+. The minimum atomic E-state index is -4.65. The summed E-state index contributed by atoms with van der Waals surface area (Å²) in [6.45, 7) is 0.227. The van der Waals surface area contributed by atoms with Crippen molar-refractivity contribution in [3.8, 4) is 28.8 Å². The molecule has 5 rings (SSSR count). The van der Waals surface area contributed by atoms with Gasteiger partial charge in [-0.3, -0.25) is 14.3 Å². The Kier molecular flexibility index (Phi) is 9.13. The fourth-order valence-electron chi connectivity index (χ4n) is 5.77. The maximum absolute atomic E-state index is 14.0. The fourth-order valence-corrected chi connectivity index (χ4v) is 5.77. The number of nitrogens with zero attached hydrogens (tertiary/aromatic N) is 6. The molecule has 4 aromatic rings. The summed E-state index contributed by atoms with van der Waals surface area (Å²) in [5.41, 5.74) is -0.680. The van der Waals surface area contributed by atoms with E-state index >= 15 is 0 Å². The highest BCUT2D eigenvalue weighted by atomic mass is 19.4. The zero-order chi connectivity index (χ0) is 34.1. The average Bonchev–Trinajstić information content (AvgIpc) is 3.58. The van der Waals surface area contributed by atoms with E-state index in [1.165, 1.54) is 34.7 Å². The van der Waals surface area contributed by atoms with Gasteiger partial charge in [0.05, 0.1) is 61.6 Å². The summed E-state index contributed by atoms with van der Waals surface area (Å²) in [6.07, 6.45) is -1.41. The van der Waals surface area contributed by atoms with E-state index in [0.717, 1.165) is 16.8 Å². The molecule has 14 heteroatoms. The molecule has 0 unspecified atom stereocenters. The maximum Gasteiger partial charge on any atom is 0.416 e. The van der Waals surface area contributed by atoms with Gasteiger partial charge in [0.2, 0.25) is 0 Å². The number of ether oxygens (including phenoxy) is 1. The first kappa shape index (κ1) is 33.2. The monoisotopic (exact) mass is 650 g/mol. The van der Waals surface area contributed by atoms with Crippen LogP contribution in [0.2, 0.25) is 0 Å². The zero-order valence-electron chi connectivity index (χ0n) is 26.4. The van der Waals surface area contributed by atoms with Crippen molar-refractivity contribution < 1.29 is 32.0 Å². The summed E-state index contributed by atoms with van der Waals surface area (Å²) in [5, 5.41) is 16.5. The Morgan fingerprint density at radius 2 is 1.72 bits per heavy atom. The molecule has 0 aliphatic heterocycles. The second-order valence-corrected chi connectivity index (χ2v) is 12.6. The van der Waals surface area contributed by atoms with Gasteiger partial charge in [0, 0.05) is 13.1 Å². The third-order valence-corrected chi connectivity index (χ3v) is 7.95. The molecular weight excluding hydrogens is 615 g/mol. The van der Waals surface area contributed by atoms with Crippen molar-refractivity contribution >= 4 is 11.9 Å². The molecule has 1 saturated carbocycles. The van der Waals surface area contributed by atoms with Gasteiger partial charge in [-0.2, -0.15) is 23.5 Å². The van der Waals surface area contributed by atoms with E-state index in [0.29, 0.717) is 47.1 Å². The molecule has 1 N–H and O–H groups in total. The molecule has 2 aromatic carbocycles. The molecule has 246 valence electrons. The van der Waals surface area contributed by atoms with Crippen LogP contribution in [0.1, 0.15) is 47.2 Å². The van der Waals surface area contributed by atoms with Gasteiger partial charge in [0.25, 0.3) is 11.5 Å². The smallest absolute Gasteiger partial charge is 0.416 e. The molecule has 0 atom stereocenters. The number of quaternary nitrogens is 1. The molecule has 47 heavy (non-hydrogen) atoms. The third kappa shape index (κ3) is 7.30. The minimum Gasteiger partial charge on any atom is -0.458 e. The highest BCUT2D eigenvalue weighted by Gasteiger charge is 2.34. The van der Waals surface area contributed by atoms with Gasteiger partial charge in [0.15, 0.2) is 6.54 Å². The van der Waals surface area contributed by atoms with Gasteiger partial charge in [-0.1, -0.05) is 6.07 Å². The Labute approximate surface area is 269 Å². The first-order valence-electron chi connectivity index (χ1n) is 15.0. The SMILES string of the molecule is Cn1c(-c2ccnn2-c2ccc(C#N)cc2)c(C(=O)N[C@H]2CC[C@H](OC(=O)C[N+](C)(C)C)CC2)c(=O)n1-c1cccc(C(F)(F)F)c1. The van der Waals surface area contributed by atoms with Crippen LogP contribution in [0, 0.1) is 11.3 Å². The van der Waals surface area contributed by atoms with Crippen molar-refractivity contribution in [2.45, 2.75) is 44.0 Å². The molecule has 0 spiro atoms. The number of alkyl halides is 3. The maximum atomic E-state index is 14.0. The number of nitriles is 1. The molecule has 0 radical (unpaired) electrons. The van der Waals surface area contributed by atoms with E-state index in [1.807, 2.05) is 27.2 Å². The molecule has 2 heterocycles. The van der Waals surface area contributed by atoms with Crippen LogP contribution in [0.4, 0.5) is 13.2 Å². The second kappa shape index (κ2) is 12.9. The minimum absolute atomic E-state index is 0.0757. The molecule has 1 fully saturated rings. The molecule has 1 amide bonds. The number of aromatic nitrogens is 4. The molecule has 0 saturated heterocycles. The van der Waals surface area contributed by atoms with Crippen molar-refractivity contribution in [3.05, 3.63) is 87.8 Å². The van der Waals surface area contributed by atoms with Gasteiger partial charge >= 0.3 is 12.1 Å². The molecule has 1 aliphatic rings. The van der Waals surface area contributed by atoms with Gasteiger partial charge in [0.1, 0.15) is 17.4 Å². The van der Waals surface area contributed by atoms with Crippen molar-refractivity contribution in [2.75, 3.05) is 27.7 Å². The number of halogens is 3. The van der Waals surface area contributed by atoms with Crippen LogP contribution in [0.3, 0.4) is 0 Å². The van der Waals surface area contributed by atoms with Crippen LogP contribution in [0.5, 0.6) is 0 Å². The number of rotatable bonds is 8. The summed E-state index contributed by atoms with van der Waals surface area (Å²) in [4.78, 5) is 40.3. The van der Waals surface area contributed by atoms with Gasteiger partial charge < -0.3 is 14.5 Å². The van der Waals surface area contributed by atoms with Crippen LogP contribution in [0.15, 0.2) is 65.6 Å². The Morgan fingerprint density at radius 3 is 2.34 bits per heavy atom. The number of nitrogens with one attached hydrogen (secondary N) is 1. The van der Waals surface area contributed by atoms with E-state index in [9.17, 15) is 32.8 Å². The van der Waals surface area contributed by atoms with Gasteiger partial charge in [-0.05, 0) is 74.2 Å². The molecule has 0 bridgehead atoms. The molecule has 1 aliphatic carbocycles. The second-order valence-electron chi connectivity index (χ2n) is 12.6. The summed E-state index contributed by atoms with van der Waals surface area (Å²) in [5.74, 6) is -0.989. The van der Waals surface area contributed by atoms with Crippen molar-refractivity contribution in [1.29, 1.82) is 5.26 Å². The van der Waals surface area contributed by atoms with Crippen molar-refractivity contribution in [1.82, 2.24) is 24.5 Å². The Morgan fingerprint density at radius 1 is 1.04 bits per heavy atom. The number of amides is 1. The predicted octanol–water partition coefficient (Wildman–Crippen LogP) is 4.21. The Bertz CT molecular complexity index is 1880. The van der Waals surface area contributed by atoms with Gasteiger partial charge in [-0.15, -0.1) is 0 Å². The number of benzene rings is 2. The Hall–Kier alpha value is -5.16. The van der Waals surface area contributed by atoms with E-state index in [1.54, 1.807) is 30.3 Å². The number of hydrogen-bond acceptors (Lipinski definition) is 6. The van der Waals surface area contributed by atoms with Gasteiger partial charge in [-0.25, -0.2) is 14.2 Å². The molecule has 11 nitrogen and oxygen atoms in total. The van der Waals surface area contributed by atoms with Crippen LogP contribution in [0.25, 0.3) is 22.8 Å². The van der Waals surface area contributed by atoms with Crippen molar-refractivity contribution in [3.63, 3.8) is 0 Å². The summed E-state index contributed by atoms with van der Waals surface area (Å²) >= 11 is 0. The standard InChI is InChI=1S/C33H34F3N7O4/c1-40-30(27-16-17-38-41(27)24-12-8-21(19-37)9-13-24)29(32(46)42(40)25-7-5-6-22(18-25)33(34,35)36)31(45)39-23-10-14-26(15-11-23)47-28(44)20-43(2,3)4/h5-9,12-13,16-18,23,26H,10-11,14-15,20H2,1-4H3/p+1/t23-,26-. The third-order valence-electron chi connectivity index (χ3n) is 7.95. The van der Waals surface area contributed by atoms with Crippen LogP contribution < -0.4 is 10.9 Å². The number of likely N-dealkylation sites (N-methyl/N-ethyl adjacent to an activating group) is 1. The highest BCUT2D eigenvalue weighted by molar-refractivity contribution is 6.00. The average molecular weight is 651 g/mol. The normalized spacial score (nSPS) is 16.8. The highest BCUT2D eigenvalue weighted by Crippen LogP contribution is 2.32. The first-order valence-corrected chi connectivity index (χ1v) is 15.0. The van der Waals surface area contributed by atoms with Crippen LogP contribution in [-0.2, 0) is 22.8 Å². The molecule has 2 aromatic heterocycles. The van der Waals surface area contributed by atoms with Crippen LogP contribution >= 0.6 is 0 Å². The topological polar surface area (TPSA) is 124 Å².